The molecule has 1 saturated heterocycles. The number of likely N-dealkylation sites (tertiary alicyclic amines) is 1. The van der Waals surface area contributed by atoms with Crippen LogP contribution in [0.25, 0.3) is 0 Å². The molecule has 0 aromatic heterocycles. The smallest absolute Gasteiger partial charge is 0.0524 e. The zero-order valence-electron chi connectivity index (χ0n) is 9.08. The van der Waals surface area contributed by atoms with Gasteiger partial charge in [0.1, 0.15) is 0 Å². The predicted octanol–water partition coefficient (Wildman–Crippen LogP) is 0.584. The molecule has 0 radical (unpaired) electrons. The highest BCUT2D eigenvalue weighted by molar-refractivity contribution is 4.88. The first kappa shape index (κ1) is 10.4. The fraction of sp³-hybridized carbons (Fsp3) is 1.00. The summed E-state index contributed by atoms with van der Waals surface area (Å²) in [5.41, 5.74) is 0. The van der Waals surface area contributed by atoms with Gasteiger partial charge in [-0.2, -0.15) is 0 Å². The van der Waals surface area contributed by atoms with E-state index < -0.39 is 0 Å². The fourth-order valence-corrected chi connectivity index (χ4v) is 1.96. The van der Waals surface area contributed by atoms with Crippen molar-refractivity contribution in [3.05, 3.63) is 0 Å². The number of nitrogens with one attached hydrogen (secondary N) is 1. The van der Waals surface area contributed by atoms with E-state index in [1.54, 1.807) is 0 Å². The molecule has 82 valence electrons. The third-order valence-electron chi connectivity index (χ3n) is 3.32. The highest BCUT2D eigenvalue weighted by Gasteiger charge is 2.29. The summed E-state index contributed by atoms with van der Waals surface area (Å²) in [5, 5.41) is 12.8. The van der Waals surface area contributed by atoms with Crippen LogP contribution in [0.5, 0.6) is 0 Å². The molecule has 14 heavy (non-hydrogen) atoms. The van der Waals surface area contributed by atoms with Crippen LogP contribution in [0, 0.1) is 0 Å². The molecule has 2 atom stereocenters. The number of nitrogens with zero attached hydrogens (tertiary/aromatic N) is 1. The molecule has 1 saturated carbocycles. The summed E-state index contributed by atoms with van der Waals surface area (Å²) in [4.78, 5) is 2.49. The quantitative estimate of drug-likeness (QED) is 0.655. The molecular formula is C11H22N2O. The summed E-state index contributed by atoms with van der Waals surface area (Å²) in [6.45, 7) is 5.32. The second-order valence-electron chi connectivity index (χ2n) is 4.80. The summed E-state index contributed by atoms with van der Waals surface area (Å²) < 4.78 is 0. The molecule has 2 aliphatic rings. The minimum absolute atomic E-state index is 0.146. The SMILES string of the molecule is CC(O)CCN1CCC1CNC1CC1. The molecule has 0 amide bonds. The van der Waals surface area contributed by atoms with Crippen molar-refractivity contribution >= 4 is 0 Å². The lowest BCUT2D eigenvalue weighted by Gasteiger charge is -2.41. The lowest BCUT2D eigenvalue weighted by molar-refractivity contribution is 0.0680. The van der Waals surface area contributed by atoms with Crippen molar-refractivity contribution in [2.45, 2.75) is 50.8 Å². The zero-order chi connectivity index (χ0) is 9.97. The Balaban J connectivity index is 1.57. The largest absolute Gasteiger partial charge is 0.393 e. The van der Waals surface area contributed by atoms with Gasteiger partial charge in [0.25, 0.3) is 0 Å². The van der Waals surface area contributed by atoms with Gasteiger partial charge in [-0.3, -0.25) is 4.90 Å². The minimum Gasteiger partial charge on any atom is -0.393 e. The maximum atomic E-state index is 9.19. The zero-order valence-corrected chi connectivity index (χ0v) is 9.08. The summed E-state index contributed by atoms with van der Waals surface area (Å²) in [7, 11) is 0. The highest BCUT2D eigenvalue weighted by atomic mass is 16.3. The number of aliphatic hydroxyl groups excluding tert-OH is 1. The van der Waals surface area contributed by atoms with Crippen LogP contribution >= 0.6 is 0 Å². The Morgan fingerprint density at radius 2 is 2.21 bits per heavy atom. The average molecular weight is 198 g/mol. The maximum Gasteiger partial charge on any atom is 0.0524 e. The molecule has 2 N–H and O–H groups in total. The van der Waals surface area contributed by atoms with Crippen LogP contribution in [-0.4, -0.2) is 47.8 Å². The van der Waals surface area contributed by atoms with E-state index in [4.69, 9.17) is 0 Å². The molecule has 1 aliphatic heterocycles. The number of hydrogen-bond donors (Lipinski definition) is 2. The Hall–Kier alpha value is -0.120. The topological polar surface area (TPSA) is 35.5 Å². The van der Waals surface area contributed by atoms with Crippen LogP contribution in [0.2, 0.25) is 0 Å². The van der Waals surface area contributed by atoms with Gasteiger partial charge in [-0.25, -0.2) is 0 Å². The highest BCUT2D eigenvalue weighted by Crippen LogP contribution is 2.21. The molecule has 0 aromatic rings. The molecule has 2 rings (SSSR count). The van der Waals surface area contributed by atoms with Crippen molar-refractivity contribution in [2.24, 2.45) is 0 Å². The second kappa shape index (κ2) is 4.60. The third-order valence-corrected chi connectivity index (χ3v) is 3.32. The van der Waals surface area contributed by atoms with Crippen LogP contribution in [0.4, 0.5) is 0 Å². The van der Waals surface area contributed by atoms with E-state index in [0.717, 1.165) is 31.6 Å². The van der Waals surface area contributed by atoms with Gasteiger partial charge in [-0.15, -0.1) is 0 Å². The molecule has 0 spiro atoms. The first-order valence-corrected chi connectivity index (χ1v) is 5.91. The van der Waals surface area contributed by atoms with E-state index in [1.807, 2.05) is 6.92 Å². The van der Waals surface area contributed by atoms with E-state index in [9.17, 15) is 5.11 Å². The van der Waals surface area contributed by atoms with E-state index in [0.29, 0.717) is 0 Å². The van der Waals surface area contributed by atoms with Crippen molar-refractivity contribution in [3.8, 4) is 0 Å². The van der Waals surface area contributed by atoms with E-state index in [1.165, 1.54) is 25.8 Å². The van der Waals surface area contributed by atoms with Crippen LogP contribution in [0.15, 0.2) is 0 Å². The molecule has 2 fully saturated rings. The van der Waals surface area contributed by atoms with Gasteiger partial charge in [0.15, 0.2) is 0 Å². The van der Waals surface area contributed by atoms with Crippen molar-refractivity contribution in [1.82, 2.24) is 10.2 Å². The standard InChI is InChI=1S/C11H22N2O/c1-9(14)4-6-13-7-5-11(13)8-12-10-2-3-10/h9-12,14H,2-8H2,1H3. The fourth-order valence-electron chi connectivity index (χ4n) is 1.96. The molecule has 2 unspecified atom stereocenters. The third kappa shape index (κ3) is 2.94. The van der Waals surface area contributed by atoms with Crippen molar-refractivity contribution in [1.29, 1.82) is 0 Å². The summed E-state index contributed by atoms with van der Waals surface area (Å²) >= 11 is 0. The Kier molecular flexibility index (Phi) is 3.42. The van der Waals surface area contributed by atoms with Gasteiger partial charge in [-0.1, -0.05) is 0 Å². The Bertz CT molecular complexity index is 168. The lowest BCUT2D eigenvalue weighted by atomic mass is 10.0. The molecule has 1 heterocycles. The summed E-state index contributed by atoms with van der Waals surface area (Å²) in [6, 6.07) is 1.57. The molecule has 3 heteroatoms. The van der Waals surface area contributed by atoms with Crippen LogP contribution < -0.4 is 5.32 Å². The van der Waals surface area contributed by atoms with Gasteiger partial charge in [0.2, 0.25) is 0 Å². The Morgan fingerprint density at radius 1 is 1.43 bits per heavy atom. The van der Waals surface area contributed by atoms with Gasteiger partial charge in [0.05, 0.1) is 6.10 Å². The molecular weight excluding hydrogens is 176 g/mol. The Morgan fingerprint density at radius 3 is 2.71 bits per heavy atom. The second-order valence-corrected chi connectivity index (χ2v) is 4.80. The van der Waals surface area contributed by atoms with Crippen molar-refractivity contribution in [3.63, 3.8) is 0 Å². The normalized spacial score (nSPS) is 30.0. The van der Waals surface area contributed by atoms with Gasteiger partial charge < -0.3 is 10.4 Å². The predicted molar refractivity (Wildman–Crippen MR) is 57.3 cm³/mol. The molecule has 0 bridgehead atoms. The monoisotopic (exact) mass is 198 g/mol. The number of aliphatic hydroxyl groups is 1. The maximum absolute atomic E-state index is 9.19. The van der Waals surface area contributed by atoms with E-state index in [-0.39, 0.29) is 6.10 Å². The summed E-state index contributed by atoms with van der Waals surface area (Å²) in [6.07, 6.45) is 4.85. The average Bonchev–Trinajstić information content (AvgIpc) is 2.86. The minimum atomic E-state index is -0.146. The van der Waals surface area contributed by atoms with Gasteiger partial charge in [0, 0.05) is 31.7 Å². The van der Waals surface area contributed by atoms with Crippen molar-refractivity contribution in [2.75, 3.05) is 19.6 Å². The summed E-state index contributed by atoms with van der Waals surface area (Å²) in [5.74, 6) is 0. The Labute approximate surface area is 86.5 Å². The van der Waals surface area contributed by atoms with Crippen LogP contribution in [0.3, 0.4) is 0 Å². The van der Waals surface area contributed by atoms with Crippen molar-refractivity contribution < 1.29 is 5.11 Å². The molecule has 0 aromatic carbocycles. The van der Waals surface area contributed by atoms with Crippen LogP contribution in [0.1, 0.15) is 32.6 Å². The van der Waals surface area contributed by atoms with E-state index in [2.05, 4.69) is 10.2 Å². The lowest BCUT2D eigenvalue weighted by Crippen LogP contribution is -2.53. The molecule has 1 aliphatic carbocycles. The van der Waals surface area contributed by atoms with E-state index >= 15 is 0 Å². The number of rotatable bonds is 6. The first-order chi connectivity index (χ1) is 6.75. The number of hydrogen-bond acceptors (Lipinski definition) is 3. The van der Waals surface area contributed by atoms with Crippen LogP contribution in [-0.2, 0) is 0 Å². The molecule has 3 nitrogen and oxygen atoms in total. The van der Waals surface area contributed by atoms with Gasteiger partial charge in [-0.05, 0) is 32.6 Å². The van der Waals surface area contributed by atoms with Gasteiger partial charge >= 0.3 is 0 Å². The first-order valence-electron chi connectivity index (χ1n) is 5.91.